The van der Waals surface area contributed by atoms with Crippen molar-refractivity contribution in [2.45, 2.75) is 19.9 Å². The second-order valence-electron chi connectivity index (χ2n) is 5.83. The number of hydrogen-bond acceptors (Lipinski definition) is 2. The normalized spacial score (nSPS) is 12.2. The van der Waals surface area contributed by atoms with Crippen molar-refractivity contribution in [2.24, 2.45) is 5.92 Å². The van der Waals surface area contributed by atoms with Gasteiger partial charge in [-0.05, 0) is 35.7 Å². The van der Waals surface area contributed by atoms with E-state index in [1.807, 2.05) is 26.0 Å². The van der Waals surface area contributed by atoms with Crippen molar-refractivity contribution in [1.82, 2.24) is 5.32 Å². The van der Waals surface area contributed by atoms with Gasteiger partial charge in [-0.25, -0.2) is 8.78 Å². The number of carbonyl (C=O) groups is 1. The topological polar surface area (TPSA) is 41.1 Å². The predicted molar refractivity (Wildman–Crippen MR) is 92.0 cm³/mol. The molecule has 2 rings (SSSR count). The molecule has 1 atom stereocenters. The first-order chi connectivity index (χ1) is 11.4. The Morgan fingerprint density at radius 3 is 2.42 bits per heavy atom. The van der Waals surface area contributed by atoms with E-state index in [9.17, 15) is 13.6 Å². The Balaban J connectivity index is 2.00. The molecule has 0 radical (unpaired) electrons. The van der Waals surface area contributed by atoms with E-state index in [1.54, 1.807) is 12.1 Å². The molecule has 6 heteroatoms. The Morgan fingerprint density at radius 2 is 1.79 bits per heavy atom. The van der Waals surface area contributed by atoms with E-state index >= 15 is 0 Å². The minimum absolute atomic E-state index is 0.0264. The standard InChI is InChI=1S/C18H19ClF2N2O/c1-11(2)18(12-3-5-13(19)6-4-12)22-10-17(24)23-16-9-14(20)7-8-15(16)21/h3-9,11,18,22H,10H2,1-2H3,(H,23,24). The van der Waals surface area contributed by atoms with Gasteiger partial charge >= 0.3 is 0 Å². The van der Waals surface area contributed by atoms with Gasteiger partial charge in [0.1, 0.15) is 11.6 Å². The number of amides is 1. The summed E-state index contributed by atoms with van der Waals surface area (Å²) in [6.45, 7) is 4.02. The predicted octanol–water partition coefficient (Wildman–Crippen LogP) is 4.54. The third-order valence-corrected chi connectivity index (χ3v) is 3.83. The van der Waals surface area contributed by atoms with Gasteiger partial charge in [0.15, 0.2) is 0 Å². The fraction of sp³-hybridized carbons (Fsp3) is 0.278. The minimum atomic E-state index is -0.678. The van der Waals surface area contributed by atoms with Gasteiger partial charge in [0.2, 0.25) is 5.91 Å². The maximum atomic E-state index is 13.5. The van der Waals surface area contributed by atoms with Crippen LogP contribution < -0.4 is 10.6 Å². The molecular formula is C18H19ClF2N2O. The van der Waals surface area contributed by atoms with Crippen molar-refractivity contribution in [3.63, 3.8) is 0 Å². The average molecular weight is 353 g/mol. The molecule has 0 bridgehead atoms. The van der Waals surface area contributed by atoms with E-state index in [0.717, 1.165) is 23.8 Å². The van der Waals surface area contributed by atoms with Crippen molar-refractivity contribution >= 4 is 23.2 Å². The molecule has 1 amide bonds. The first-order valence-corrected chi connectivity index (χ1v) is 7.98. The molecule has 0 spiro atoms. The smallest absolute Gasteiger partial charge is 0.238 e. The Bertz CT molecular complexity index is 705. The molecule has 1 unspecified atom stereocenters. The van der Waals surface area contributed by atoms with Crippen LogP contribution in [0.5, 0.6) is 0 Å². The van der Waals surface area contributed by atoms with Crippen LogP contribution in [-0.4, -0.2) is 12.5 Å². The van der Waals surface area contributed by atoms with Crippen molar-refractivity contribution in [1.29, 1.82) is 0 Å². The lowest BCUT2D eigenvalue weighted by Crippen LogP contribution is -2.33. The van der Waals surface area contributed by atoms with Crippen molar-refractivity contribution in [3.05, 3.63) is 64.7 Å². The van der Waals surface area contributed by atoms with Crippen LogP contribution in [0.4, 0.5) is 14.5 Å². The SMILES string of the molecule is CC(C)C(NCC(=O)Nc1cc(F)ccc1F)c1ccc(Cl)cc1. The summed E-state index contributed by atoms with van der Waals surface area (Å²) in [6, 6.07) is 10.2. The molecule has 3 nitrogen and oxygen atoms in total. The lowest BCUT2D eigenvalue weighted by atomic mass is 9.96. The first-order valence-electron chi connectivity index (χ1n) is 7.60. The van der Waals surface area contributed by atoms with E-state index in [0.29, 0.717) is 5.02 Å². The molecule has 0 saturated heterocycles. The van der Waals surface area contributed by atoms with Crippen LogP contribution in [0.3, 0.4) is 0 Å². The summed E-state index contributed by atoms with van der Waals surface area (Å²) in [5, 5.41) is 6.15. The molecule has 128 valence electrons. The Kier molecular flexibility index (Phi) is 6.29. The number of anilines is 1. The summed E-state index contributed by atoms with van der Waals surface area (Å²) in [5.74, 6) is -1.51. The quantitative estimate of drug-likeness (QED) is 0.801. The molecule has 0 heterocycles. The molecule has 2 N–H and O–H groups in total. The number of benzene rings is 2. The van der Waals surface area contributed by atoms with E-state index in [2.05, 4.69) is 10.6 Å². The second-order valence-corrected chi connectivity index (χ2v) is 6.26. The van der Waals surface area contributed by atoms with E-state index in [-0.39, 0.29) is 24.2 Å². The van der Waals surface area contributed by atoms with E-state index < -0.39 is 17.5 Å². The monoisotopic (exact) mass is 352 g/mol. The highest BCUT2D eigenvalue weighted by atomic mass is 35.5. The van der Waals surface area contributed by atoms with Crippen molar-refractivity contribution in [2.75, 3.05) is 11.9 Å². The third-order valence-electron chi connectivity index (χ3n) is 3.58. The number of hydrogen-bond donors (Lipinski definition) is 2. The maximum Gasteiger partial charge on any atom is 0.238 e. The summed E-state index contributed by atoms with van der Waals surface area (Å²) in [6.07, 6.45) is 0. The summed E-state index contributed by atoms with van der Waals surface area (Å²) >= 11 is 5.89. The lowest BCUT2D eigenvalue weighted by molar-refractivity contribution is -0.115. The largest absolute Gasteiger partial charge is 0.322 e. The molecule has 2 aromatic rings. The van der Waals surface area contributed by atoms with Crippen LogP contribution in [0.25, 0.3) is 0 Å². The number of nitrogens with one attached hydrogen (secondary N) is 2. The molecule has 0 saturated carbocycles. The second kappa shape index (κ2) is 8.22. The zero-order chi connectivity index (χ0) is 17.7. The first kappa shape index (κ1) is 18.4. The molecular weight excluding hydrogens is 334 g/mol. The molecule has 0 aliphatic rings. The Hall–Kier alpha value is -1.98. The maximum absolute atomic E-state index is 13.5. The fourth-order valence-electron chi connectivity index (χ4n) is 2.40. The van der Waals surface area contributed by atoms with Gasteiger partial charge in [0.05, 0.1) is 12.2 Å². The van der Waals surface area contributed by atoms with Crippen LogP contribution >= 0.6 is 11.6 Å². The van der Waals surface area contributed by atoms with Crippen LogP contribution in [0, 0.1) is 17.6 Å². The van der Waals surface area contributed by atoms with E-state index in [1.165, 1.54) is 0 Å². The molecule has 0 aliphatic carbocycles. The molecule has 0 aliphatic heterocycles. The van der Waals surface area contributed by atoms with Crippen molar-refractivity contribution < 1.29 is 13.6 Å². The number of carbonyl (C=O) groups excluding carboxylic acids is 1. The highest BCUT2D eigenvalue weighted by Gasteiger charge is 2.17. The van der Waals surface area contributed by atoms with Gasteiger partial charge in [0.25, 0.3) is 0 Å². The summed E-state index contributed by atoms with van der Waals surface area (Å²) in [4.78, 5) is 12.0. The van der Waals surface area contributed by atoms with Gasteiger partial charge < -0.3 is 10.6 Å². The Morgan fingerprint density at radius 1 is 1.12 bits per heavy atom. The van der Waals surface area contributed by atoms with Crippen LogP contribution in [0.2, 0.25) is 5.02 Å². The number of rotatable bonds is 6. The van der Waals surface area contributed by atoms with Gasteiger partial charge in [-0.15, -0.1) is 0 Å². The highest BCUT2D eigenvalue weighted by Crippen LogP contribution is 2.23. The van der Waals surface area contributed by atoms with E-state index in [4.69, 9.17) is 11.6 Å². The fourth-order valence-corrected chi connectivity index (χ4v) is 2.52. The average Bonchev–Trinajstić information content (AvgIpc) is 2.52. The zero-order valence-corrected chi connectivity index (χ0v) is 14.2. The van der Waals surface area contributed by atoms with Crippen LogP contribution in [-0.2, 0) is 4.79 Å². The zero-order valence-electron chi connectivity index (χ0n) is 13.4. The molecule has 2 aromatic carbocycles. The van der Waals surface area contributed by atoms with Crippen molar-refractivity contribution in [3.8, 4) is 0 Å². The molecule has 0 aromatic heterocycles. The third kappa shape index (κ3) is 5.01. The van der Waals surface area contributed by atoms with Crippen LogP contribution in [0.1, 0.15) is 25.5 Å². The van der Waals surface area contributed by atoms with Crippen LogP contribution in [0.15, 0.2) is 42.5 Å². The summed E-state index contributed by atoms with van der Waals surface area (Å²) in [7, 11) is 0. The van der Waals surface area contributed by atoms with Gasteiger partial charge in [-0.1, -0.05) is 37.6 Å². The minimum Gasteiger partial charge on any atom is -0.322 e. The molecule has 24 heavy (non-hydrogen) atoms. The molecule has 0 fully saturated rings. The lowest BCUT2D eigenvalue weighted by Gasteiger charge is -2.23. The van der Waals surface area contributed by atoms with Gasteiger partial charge in [0, 0.05) is 17.1 Å². The van der Waals surface area contributed by atoms with Gasteiger partial charge in [-0.3, -0.25) is 4.79 Å². The number of halogens is 3. The van der Waals surface area contributed by atoms with Gasteiger partial charge in [-0.2, -0.15) is 0 Å². The highest BCUT2D eigenvalue weighted by molar-refractivity contribution is 6.30. The Labute approximate surface area is 145 Å². The summed E-state index contributed by atoms with van der Waals surface area (Å²) in [5.41, 5.74) is 0.827. The summed E-state index contributed by atoms with van der Waals surface area (Å²) < 4.78 is 26.7.